The molecule has 2 atom stereocenters. The fourth-order valence-electron chi connectivity index (χ4n) is 3.27. The predicted octanol–water partition coefficient (Wildman–Crippen LogP) is 2.41. The van der Waals surface area contributed by atoms with E-state index in [-0.39, 0.29) is 12.1 Å². The van der Waals surface area contributed by atoms with Gasteiger partial charge in [0.2, 0.25) is 10.0 Å². The third-order valence-electron chi connectivity index (χ3n) is 4.42. The minimum Gasteiger partial charge on any atom is -0.453 e. The molecule has 1 heterocycles. The van der Waals surface area contributed by atoms with Crippen LogP contribution in [-0.2, 0) is 21.2 Å². The average Bonchev–Trinajstić information content (AvgIpc) is 2.54. The molecule has 25 heavy (non-hydrogen) atoms. The first-order valence-electron chi connectivity index (χ1n) is 8.28. The van der Waals surface area contributed by atoms with Crippen LogP contribution in [0.15, 0.2) is 30.8 Å². The van der Waals surface area contributed by atoms with Gasteiger partial charge in [0.1, 0.15) is 0 Å². The van der Waals surface area contributed by atoms with Gasteiger partial charge in [-0.15, -0.1) is 0 Å². The van der Waals surface area contributed by atoms with E-state index in [9.17, 15) is 13.2 Å². The number of sulfonamides is 1. The third-order valence-corrected chi connectivity index (χ3v) is 5.15. The van der Waals surface area contributed by atoms with Crippen LogP contribution in [0.3, 0.4) is 0 Å². The second kappa shape index (κ2) is 8.01. The highest BCUT2D eigenvalue weighted by Crippen LogP contribution is 2.24. The molecule has 0 bridgehead atoms. The molecule has 1 N–H and O–H groups in total. The summed E-state index contributed by atoms with van der Waals surface area (Å²) in [5, 5.41) is 0. The molecular weight excluding hydrogens is 340 g/mol. The van der Waals surface area contributed by atoms with Crippen molar-refractivity contribution < 1.29 is 17.9 Å². The van der Waals surface area contributed by atoms with E-state index in [1.807, 2.05) is 31.2 Å². The molecule has 0 saturated carbocycles. The molecule has 138 valence electrons. The lowest BCUT2D eigenvalue weighted by atomic mass is 9.91. The summed E-state index contributed by atoms with van der Waals surface area (Å²) in [6.45, 7) is 6.45. The van der Waals surface area contributed by atoms with Gasteiger partial charge in [0.25, 0.3) is 0 Å². The second-order valence-corrected chi connectivity index (χ2v) is 8.33. The van der Waals surface area contributed by atoms with Crippen LogP contribution in [0.25, 0.3) is 5.57 Å². The Morgan fingerprint density at radius 3 is 2.76 bits per heavy atom. The first-order valence-corrected chi connectivity index (χ1v) is 10.2. The van der Waals surface area contributed by atoms with Crippen molar-refractivity contribution in [2.45, 2.75) is 38.3 Å². The summed E-state index contributed by atoms with van der Waals surface area (Å²) in [6, 6.07) is 7.31. The number of benzene rings is 1. The van der Waals surface area contributed by atoms with Crippen molar-refractivity contribution in [1.29, 1.82) is 0 Å². The molecule has 1 saturated heterocycles. The van der Waals surface area contributed by atoms with Gasteiger partial charge >= 0.3 is 6.09 Å². The Bertz CT molecular complexity index is 745. The maximum atomic E-state index is 12.2. The average molecular weight is 366 g/mol. The maximum Gasteiger partial charge on any atom is 0.409 e. The standard InChI is InChI=1S/C18H26N2O4S/c1-13(2)15-8-5-7-14(11-15)12-17-16(19-25(4,22)23)9-6-10-20(17)18(21)24-3/h5,7-8,11,16-17,19H,1,6,9-10,12H2,2-4H3. The summed E-state index contributed by atoms with van der Waals surface area (Å²) >= 11 is 0. The number of nitrogens with zero attached hydrogens (tertiary/aromatic N) is 1. The quantitative estimate of drug-likeness (QED) is 0.868. The predicted molar refractivity (Wildman–Crippen MR) is 98.8 cm³/mol. The van der Waals surface area contributed by atoms with Crippen molar-refractivity contribution in [3.8, 4) is 0 Å². The molecule has 2 unspecified atom stereocenters. The van der Waals surface area contributed by atoms with Crippen molar-refractivity contribution in [3.05, 3.63) is 42.0 Å². The second-order valence-electron chi connectivity index (χ2n) is 6.55. The lowest BCUT2D eigenvalue weighted by molar-refractivity contribution is 0.0792. The Hall–Kier alpha value is -1.86. The van der Waals surface area contributed by atoms with Gasteiger partial charge in [-0.1, -0.05) is 36.4 Å². The smallest absolute Gasteiger partial charge is 0.409 e. The van der Waals surface area contributed by atoms with Gasteiger partial charge in [-0.3, -0.25) is 0 Å². The fraction of sp³-hybridized carbons (Fsp3) is 0.500. The lowest BCUT2D eigenvalue weighted by Gasteiger charge is -2.40. The maximum absolute atomic E-state index is 12.2. The van der Waals surface area contributed by atoms with Crippen molar-refractivity contribution in [2.75, 3.05) is 19.9 Å². The van der Waals surface area contributed by atoms with E-state index in [0.29, 0.717) is 19.4 Å². The van der Waals surface area contributed by atoms with E-state index in [2.05, 4.69) is 11.3 Å². The van der Waals surface area contributed by atoms with Gasteiger partial charge in [-0.2, -0.15) is 0 Å². The highest BCUT2D eigenvalue weighted by molar-refractivity contribution is 7.88. The number of rotatable bonds is 5. The number of likely N-dealkylation sites (tertiary alicyclic amines) is 1. The minimum absolute atomic E-state index is 0.295. The third kappa shape index (κ3) is 5.31. The molecule has 0 radical (unpaired) electrons. The Balaban J connectivity index is 2.31. The van der Waals surface area contributed by atoms with Crippen LogP contribution >= 0.6 is 0 Å². The Kier molecular flexibility index (Phi) is 6.24. The van der Waals surface area contributed by atoms with Gasteiger partial charge in [0, 0.05) is 12.6 Å². The molecule has 1 aromatic rings. The van der Waals surface area contributed by atoms with Gasteiger partial charge < -0.3 is 9.64 Å². The number of allylic oxidation sites excluding steroid dienone is 1. The zero-order valence-corrected chi connectivity index (χ0v) is 15.8. The molecule has 2 rings (SSSR count). The van der Waals surface area contributed by atoms with E-state index >= 15 is 0 Å². The summed E-state index contributed by atoms with van der Waals surface area (Å²) in [4.78, 5) is 13.8. The highest BCUT2D eigenvalue weighted by Gasteiger charge is 2.36. The number of carbonyl (C=O) groups excluding carboxylic acids is 1. The number of methoxy groups -OCH3 is 1. The molecule has 1 fully saturated rings. The number of carbonyl (C=O) groups is 1. The number of nitrogens with one attached hydrogen (secondary N) is 1. The lowest BCUT2D eigenvalue weighted by Crippen LogP contribution is -2.57. The van der Waals surface area contributed by atoms with Crippen LogP contribution in [0, 0.1) is 0 Å². The van der Waals surface area contributed by atoms with E-state index in [4.69, 9.17) is 4.74 Å². The molecular formula is C18H26N2O4S. The summed E-state index contributed by atoms with van der Waals surface area (Å²) in [5.41, 5.74) is 3.02. The van der Waals surface area contributed by atoms with Crippen LogP contribution < -0.4 is 4.72 Å². The van der Waals surface area contributed by atoms with Crippen LogP contribution in [0.2, 0.25) is 0 Å². The van der Waals surface area contributed by atoms with Crippen LogP contribution in [0.4, 0.5) is 4.79 Å². The SMILES string of the molecule is C=C(C)c1cccc(CC2C(NS(C)(=O)=O)CCCN2C(=O)OC)c1. The van der Waals surface area contributed by atoms with Crippen LogP contribution in [0.5, 0.6) is 0 Å². The fourth-order valence-corrected chi connectivity index (χ4v) is 4.10. The Labute approximate surface area is 149 Å². The molecule has 0 spiro atoms. The van der Waals surface area contributed by atoms with E-state index < -0.39 is 16.1 Å². The van der Waals surface area contributed by atoms with Crippen LogP contribution in [-0.4, -0.2) is 51.4 Å². The first kappa shape index (κ1) is 19.5. The summed E-state index contributed by atoms with van der Waals surface area (Å²) in [7, 11) is -2.03. The molecule has 1 aromatic carbocycles. The van der Waals surface area contributed by atoms with Gasteiger partial charge in [-0.05, 0) is 37.3 Å². The molecule has 1 aliphatic heterocycles. The summed E-state index contributed by atoms with van der Waals surface area (Å²) in [5.74, 6) is 0. The monoisotopic (exact) mass is 366 g/mol. The van der Waals surface area contributed by atoms with Gasteiger partial charge in [0.05, 0.1) is 19.4 Å². The zero-order chi connectivity index (χ0) is 18.6. The molecule has 6 nitrogen and oxygen atoms in total. The number of hydrogen-bond donors (Lipinski definition) is 1. The molecule has 1 amide bonds. The van der Waals surface area contributed by atoms with E-state index in [1.54, 1.807) is 4.90 Å². The molecule has 0 aromatic heterocycles. The summed E-state index contributed by atoms with van der Waals surface area (Å²) in [6.07, 6.45) is 2.67. The Morgan fingerprint density at radius 2 is 2.16 bits per heavy atom. The number of hydrogen-bond acceptors (Lipinski definition) is 4. The number of piperidine rings is 1. The van der Waals surface area contributed by atoms with Crippen molar-refractivity contribution in [2.24, 2.45) is 0 Å². The number of amides is 1. The van der Waals surface area contributed by atoms with Gasteiger partial charge in [0.15, 0.2) is 0 Å². The normalized spacial score (nSPS) is 21.0. The van der Waals surface area contributed by atoms with Crippen molar-refractivity contribution >= 4 is 21.7 Å². The molecule has 0 aliphatic carbocycles. The van der Waals surface area contributed by atoms with Gasteiger partial charge in [-0.25, -0.2) is 17.9 Å². The molecule has 1 aliphatic rings. The summed E-state index contributed by atoms with van der Waals surface area (Å²) < 4.78 is 31.0. The highest BCUT2D eigenvalue weighted by atomic mass is 32.2. The first-order chi connectivity index (χ1) is 11.7. The largest absolute Gasteiger partial charge is 0.453 e. The number of ether oxygens (including phenoxy) is 1. The molecule has 7 heteroatoms. The van der Waals surface area contributed by atoms with Crippen LogP contribution in [0.1, 0.15) is 30.9 Å². The minimum atomic E-state index is -3.37. The Morgan fingerprint density at radius 1 is 1.44 bits per heavy atom. The topological polar surface area (TPSA) is 75.7 Å². The van der Waals surface area contributed by atoms with E-state index in [1.165, 1.54) is 7.11 Å². The van der Waals surface area contributed by atoms with E-state index in [0.717, 1.165) is 29.4 Å². The van der Waals surface area contributed by atoms with Crippen molar-refractivity contribution in [1.82, 2.24) is 9.62 Å². The zero-order valence-electron chi connectivity index (χ0n) is 15.0. The van der Waals surface area contributed by atoms with Crippen molar-refractivity contribution in [3.63, 3.8) is 0 Å².